The highest BCUT2D eigenvalue weighted by Gasteiger charge is 2.30. The van der Waals surface area contributed by atoms with Crippen molar-refractivity contribution in [2.45, 2.75) is 303 Å². The second-order valence-corrected chi connectivity index (χ2v) is 27.0. The van der Waals surface area contributed by atoms with E-state index in [4.69, 9.17) is 23.7 Å². The first-order chi connectivity index (χ1) is 38.1. The van der Waals surface area contributed by atoms with Gasteiger partial charge in [0.25, 0.3) is 5.91 Å². The third-order valence-corrected chi connectivity index (χ3v) is 16.6. The van der Waals surface area contributed by atoms with Crippen LogP contribution in [0.2, 0.25) is 0 Å². The van der Waals surface area contributed by atoms with E-state index >= 15 is 0 Å². The van der Waals surface area contributed by atoms with Crippen LogP contribution in [-0.4, -0.2) is 96.9 Å². The van der Waals surface area contributed by atoms with Crippen LogP contribution in [0.4, 0.5) is 4.79 Å². The average molecular weight is 1170 g/mol. The Morgan fingerprint density at radius 3 is 1.46 bits per heavy atom. The molecule has 1 aromatic carbocycles. The lowest BCUT2D eigenvalue weighted by molar-refractivity contribution is -0.158. The normalized spacial score (nSPS) is 13.0. The van der Waals surface area contributed by atoms with Gasteiger partial charge in [-0.3, -0.25) is 19.2 Å². The zero-order valence-corrected chi connectivity index (χ0v) is 53.0. The van der Waals surface area contributed by atoms with E-state index in [1.165, 1.54) is 146 Å². The molecule has 80 heavy (non-hydrogen) atoms. The molecule has 15 nitrogen and oxygen atoms in total. The lowest BCUT2D eigenvalue weighted by atomic mass is 10.0. The summed E-state index contributed by atoms with van der Waals surface area (Å²) in [5.74, 6) is -2.43. The van der Waals surface area contributed by atoms with E-state index in [0.717, 1.165) is 38.5 Å². The first kappa shape index (κ1) is 74.2. The van der Waals surface area contributed by atoms with Gasteiger partial charge in [-0.05, 0) is 84.9 Å². The van der Waals surface area contributed by atoms with Gasteiger partial charge in [0.05, 0.1) is 5.75 Å². The molecule has 0 radical (unpaired) electrons. The number of hydrogen-bond acceptors (Lipinski definition) is 14. The molecule has 17 heteroatoms. The number of hydrogen-bond donors (Lipinski definition) is 2. The molecule has 0 heterocycles. The number of carbonyl (C=O) groups excluding carboxylic acids is 6. The second-order valence-electron chi connectivity index (χ2n) is 23.6. The Kier molecular flexibility index (Phi) is 41.4. The van der Waals surface area contributed by atoms with Gasteiger partial charge in [0.15, 0.2) is 9.84 Å². The van der Waals surface area contributed by atoms with Crippen molar-refractivity contribution in [2.24, 2.45) is 0 Å². The third kappa shape index (κ3) is 41.2. The molecule has 0 bridgehead atoms. The predicted molar refractivity (Wildman–Crippen MR) is 323 cm³/mol. The molecule has 0 saturated carbocycles. The summed E-state index contributed by atoms with van der Waals surface area (Å²) in [5, 5.41) is 5.26. The zero-order valence-electron chi connectivity index (χ0n) is 51.3. The van der Waals surface area contributed by atoms with Gasteiger partial charge in [0.1, 0.15) is 30.0 Å². The maximum atomic E-state index is 13.6. The Bertz CT molecular complexity index is 1950. The van der Waals surface area contributed by atoms with Crippen LogP contribution < -0.4 is 10.6 Å². The van der Waals surface area contributed by atoms with Crippen molar-refractivity contribution in [3.8, 4) is 0 Å². The highest BCUT2D eigenvalue weighted by atomic mass is 32.2. The fourth-order valence-corrected chi connectivity index (χ4v) is 12.0. The van der Waals surface area contributed by atoms with E-state index in [2.05, 4.69) is 24.5 Å². The van der Waals surface area contributed by atoms with E-state index in [9.17, 15) is 37.2 Å². The summed E-state index contributed by atoms with van der Waals surface area (Å²) in [4.78, 5) is 77.6. The molecule has 0 aliphatic heterocycles. The van der Waals surface area contributed by atoms with E-state index in [1.54, 1.807) is 60.6 Å². The molecule has 3 atom stereocenters. The van der Waals surface area contributed by atoms with Crippen LogP contribution in [0.15, 0.2) is 24.3 Å². The summed E-state index contributed by atoms with van der Waals surface area (Å²) in [6.45, 7) is 16.5. The van der Waals surface area contributed by atoms with Gasteiger partial charge in [-0.25, -0.2) is 18.0 Å². The summed E-state index contributed by atoms with van der Waals surface area (Å²) in [6.07, 6.45) is 30.5. The number of ether oxygens (including phenoxy) is 5. The number of sulfone groups is 1. The smallest absolute Gasteiger partial charge is 0.408 e. The quantitative estimate of drug-likeness (QED) is 0.0354. The molecule has 1 rings (SSSR count). The molecule has 2 amide bonds. The van der Waals surface area contributed by atoms with Gasteiger partial charge in [0.2, 0.25) is 5.44 Å². The summed E-state index contributed by atoms with van der Waals surface area (Å²) in [5.41, 5.74) is -2.14. The Morgan fingerprint density at radius 1 is 0.537 bits per heavy atom. The fourth-order valence-electron chi connectivity index (χ4n) is 8.89. The molecule has 0 saturated heterocycles. The van der Waals surface area contributed by atoms with Gasteiger partial charge in [-0.2, -0.15) is 11.8 Å². The SMILES string of the molecule is CCCCCCCCCCCCCCCC(=O)OC[C@H](CSCCS(=O)(=O)C(CCC)OC(=O)NCc1ccc(C(=O)NC(CCC(=O)OC(C)(C)C)C(=O)OC(C)(C)C)cc1)OC(=O)CCCCCCCCCCCCCCC. The highest BCUT2D eigenvalue weighted by molar-refractivity contribution is 8.00. The zero-order chi connectivity index (χ0) is 59.5. The molecule has 0 fully saturated rings. The van der Waals surface area contributed by atoms with Crippen molar-refractivity contribution >= 4 is 57.5 Å². The van der Waals surface area contributed by atoms with Gasteiger partial charge < -0.3 is 34.3 Å². The van der Waals surface area contributed by atoms with Gasteiger partial charge >= 0.3 is 30.0 Å². The Balaban J connectivity index is 2.75. The van der Waals surface area contributed by atoms with Gasteiger partial charge in [-0.1, -0.05) is 193 Å². The lowest BCUT2D eigenvalue weighted by Crippen LogP contribution is -2.44. The Morgan fingerprint density at radius 2 is 1.00 bits per heavy atom. The molecule has 2 unspecified atom stereocenters. The van der Waals surface area contributed by atoms with Crippen molar-refractivity contribution in [1.29, 1.82) is 0 Å². The van der Waals surface area contributed by atoms with Crippen molar-refractivity contribution in [3.63, 3.8) is 0 Å². The van der Waals surface area contributed by atoms with Crippen LogP contribution >= 0.6 is 11.8 Å². The molecule has 0 spiro atoms. The average Bonchev–Trinajstić information content (AvgIpc) is 3.39. The first-order valence-corrected chi connectivity index (χ1v) is 33.9. The van der Waals surface area contributed by atoms with Crippen LogP contribution in [0.3, 0.4) is 0 Å². The Hall–Kier alpha value is -3.86. The summed E-state index contributed by atoms with van der Waals surface area (Å²) in [7, 11) is -3.93. The number of benzene rings is 1. The van der Waals surface area contributed by atoms with E-state index in [1.807, 2.05) is 0 Å². The number of alkyl carbamates (subject to hydrolysis) is 1. The predicted octanol–water partition coefficient (Wildman–Crippen LogP) is 15.2. The van der Waals surface area contributed by atoms with E-state index in [-0.39, 0.29) is 73.6 Å². The fraction of sp³-hybridized carbons (Fsp3) is 0.810. The first-order valence-electron chi connectivity index (χ1n) is 31.0. The van der Waals surface area contributed by atoms with Crippen LogP contribution in [0.25, 0.3) is 0 Å². The summed E-state index contributed by atoms with van der Waals surface area (Å²) < 4.78 is 55.0. The maximum absolute atomic E-state index is 13.6. The number of unbranched alkanes of at least 4 members (excludes halogenated alkanes) is 24. The summed E-state index contributed by atoms with van der Waals surface area (Å²) in [6, 6.07) is 5.10. The van der Waals surface area contributed by atoms with Crippen molar-refractivity contribution < 1.29 is 60.9 Å². The molecule has 1 aromatic rings. The van der Waals surface area contributed by atoms with Crippen LogP contribution in [-0.2, 0) is 59.2 Å². The minimum Gasteiger partial charge on any atom is -0.462 e. The van der Waals surface area contributed by atoms with Gasteiger partial charge in [0, 0.05) is 42.9 Å². The maximum Gasteiger partial charge on any atom is 0.408 e. The van der Waals surface area contributed by atoms with Crippen LogP contribution in [0, 0.1) is 0 Å². The number of rotatable bonds is 48. The standard InChI is InChI=1S/C63H110N2O13S2/c1-10-13-15-17-19-21-23-25-27-29-31-33-35-38-55(66)74-49-53(75-56(67)39-36-34-32-30-28-26-24-22-20-18-16-14-11-2)50-79-46-47-80(72,73)58(37-12-3)76-61(71)64-48-51-40-42-52(43-41-51)59(69)65-54(60(70)78-63(7,8)9)44-45-57(68)77-62(4,5)6/h40-43,53-54,58H,10-39,44-50H2,1-9H3,(H,64,71)(H,65,69)/t53-,54?,58?/m1/s1. The number of amides is 2. The van der Waals surface area contributed by atoms with E-state index < -0.39 is 62.6 Å². The third-order valence-electron chi connectivity index (χ3n) is 13.4. The molecule has 0 aromatic heterocycles. The molecule has 2 N–H and O–H groups in total. The van der Waals surface area contributed by atoms with Crippen LogP contribution in [0.5, 0.6) is 0 Å². The van der Waals surface area contributed by atoms with E-state index in [0.29, 0.717) is 24.8 Å². The number of thioether (sulfide) groups is 1. The topological polar surface area (TPSA) is 207 Å². The molecule has 462 valence electrons. The van der Waals surface area contributed by atoms with Gasteiger partial charge in [-0.15, -0.1) is 0 Å². The minimum absolute atomic E-state index is 0.0324. The molecular weight excluding hydrogens is 1060 g/mol. The van der Waals surface area contributed by atoms with Crippen molar-refractivity contribution in [1.82, 2.24) is 10.6 Å². The minimum atomic E-state index is -3.93. The monoisotopic (exact) mass is 1170 g/mol. The van der Waals surface area contributed by atoms with Crippen molar-refractivity contribution in [3.05, 3.63) is 35.4 Å². The number of carbonyl (C=O) groups is 6. The largest absolute Gasteiger partial charge is 0.462 e. The number of nitrogens with one attached hydrogen (secondary N) is 2. The molecular formula is C63H110N2O13S2. The Labute approximate surface area is 489 Å². The highest BCUT2D eigenvalue weighted by Crippen LogP contribution is 2.20. The van der Waals surface area contributed by atoms with Crippen LogP contribution in [0.1, 0.15) is 284 Å². The summed E-state index contributed by atoms with van der Waals surface area (Å²) >= 11 is 1.27. The molecule has 0 aliphatic rings. The second kappa shape index (κ2) is 44.7. The molecule has 0 aliphatic carbocycles. The lowest BCUT2D eigenvalue weighted by Gasteiger charge is -2.25. The van der Waals surface area contributed by atoms with Crippen molar-refractivity contribution in [2.75, 3.05) is 23.9 Å². The number of esters is 4.